The van der Waals surface area contributed by atoms with Gasteiger partial charge >= 0.3 is 0 Å². The van der Waals surface area contributed by atoms with Crippen molar-refractivity contribution in [2.45, 2.75) is 109 Å². The lowest BCUT2D eigenvalue weighted by Crippen LogP contribution is -2.49. The molecule has 3 aliphatic rings. The minimum Gasteiger partial charge on any atom is -0.382 e. The van der Waals surface area contributed by atoms with Gasteiger partial charge < -0.3 is 16.0 Å². The molecule has 184 valence electrons. The largest absolute Gasteiger partial charge is 0.382 e. The molecule has 0 unspecified atom stereocenters. The Morgan fingerprint density at radius 2 is 1.45 bits per heavy atom. The average molecular weight is 454 g/mol. The summed E-state index contributed by atoms with van der Waals surface area (Å²) in [7, 11) is 4.35. The molecule has 0 atom stereocenters. The van der Waals surface area contributed by atoms with E-state index in [2.05, 4.69) is 62.4 Å². The number of nitrogens with one attached hydrogen (secondary N) is 1. The van der Waals surface area contributed by atoms with Crippen molar-refractivity contribution < 1.29 is 4.79 Å². The zero-order chi connectivity index (χ0) is 23.6. The van der Waals surface area contributed by atoms with E-state index in [-0.39, 0.29) is 11.3 Å². The van der Waals surface area contributed by atoms with E-state index in [4.69, 9.17) is 5.73 Å². The zero-order valence-corrected chi connectivity index (χ0v) is 21.5. The van der Waals surface area contributed by atoms with Crippen molar-refractivity contribution in [3.63, 3.8) is 0 Å². The summed E-state index contributed by atoms with van der Waals surface area (Å²) in [6.45, 7) is 4.81. The molecule has 0 saturated heterocycles. The van der Waals surface area contributed by atoms with Crippen molar-refractivity contribution >= 4 is 11.6 Å². The third-order valence-corrected chi connectivity index (χ3v) is 9.67. The molecule has 3 N–H and O–H groups in total. The Morgan fingerprint density at radius 3 is 1.97 bits per heavy atom. The molecule has 0 aromatic heterocycles. The number of nitrogens with zero attached hydrogens (tertiary/aromatic N) is 1. The predicted octanol–water partition coefficient (Wildman–Crippen LogP) is 6.32. The van der Waals surface area contributed by atoms with Gasteiger partial charge in [0.25, 0.3) is 0 Å². The second kappa shape index (κ2) is 9.98. The molecule has 33 heavy (non-hydrogen) atoms. The molecule has 3 fully saturated rings. The third-order valence-electron chi connectivity index (χ3n) is 9.67. The Hall–Kier alpha value is -1.55. The fraction of sp³-hybridized carbons (Fsp3) is 0.759. The van der Waals surface area contributed by atoms with Gasteiger partial charge in [-0.3, -0.25) is 4.79 Å². The first-order valence-corrected chi connectivity index (χ1v) is 13.5. The van der Waals surface area contributed by atoms with Gasteiger partial charge in [-0.2, -0.15) is 0 Å². The molecular weight excluding hydrogens is 406 g/mol. The first-order chi connectivity index (χ1) is 15.7. The number of carbonyl (C=O) groups excluding carboxylic acids is 1. The van der Waals surface area contributed by atoms with Gasteiger partial charge in [0.1, 0.15) is 0 Å². The Bertz CT molecular complexity index is 774. The fourth-order valence-corrected chi connectivity index (χ4v) is 7.10. The van der Waals surface area contributed by atoms with Crippen LogP contribution in [-0.2, 0) is 4.79 Å². The van der Waals surface area contributed by atoms with Crippen LogP contribution in [0.15, 0.2) is 24.3 Å². The van der Waals surface area contributed by atoms with Gasteiger partial charge in [0, 0.05) is 17.8 Å². The van der Waals surface area contributed by atoms with E-state index in [1.165, 1.54) is 49.8 Å². The maximum absolute atomic E-state index is 12.7. The highest BCUT2D eigenvalue weighted by Crippen LogP contribution is 2.49. The van der Waals surface area contributed by atoms with Gasteiger partial charge in [0.15, 0.2) is 0 Å². The Labute approximate surface area is 202 Å². The number of anilines is 1. The van der Waals surface area contributed by atoms with Gasteiger partial charge in [-0.1, -0.05) is 26.0 Å². The summed E-state index contributed by atoms with van der Waals surface area (Å²) < 4.78 is 0. The number of benzene rings is 1. The zero-order valence-electron chi connectivity index (χ0n) is 21.5. The van der Waals surface area contributed by atoms with Crippen LogP contribution >= 0.6 is 0 Å². The van der Waals surface area contributed by atoms with Crippen LogP contribution in [0.2, 0.25) is 0 Å². The van der Waals surface area contributed by atoms with E-state index in [9.17, 15) is 4.79 Å². The molecule has 3 saturated carbocycles. The van der Waals surface area contributed by atoms with E-state index in [0.29, 0.717) is 23.4 Å². The number of hydrogen-bond acceptors (Lipinski definition) is 3. The summed E-state index contributed by atoms with van der Waals surface area (Å²) in [6.07, 6.45) is 13.9. The van der Waals surface area contributed by atoms with E-state index in [0.717, 1.165) is 44.4 Å². The fourth-order valence-electron chi connectivity index (χ4n) is 7.10. The van der Waals surface area contributed by atoms with Crippen molar-refractivity contribution in [3.8, 4) is 0 Å². The normalized spacial score (nSPS) is 33.1. The molecule has 0 radical (unpaired) electrons. The van der Waals surface area contributed by atoms with Crippen LogP contribution in [0, 0.1) is 16.7 Å². The summed E-state index contributed by atoms with van der Waals surface area (Å²) in [5.41, 5.74) is 9.02. The van der Waals surface area contributed by atoms with Gasteiger partial charge in [-0.05, 0) is 126 Å². The number of carbonyl (C=O) groups is 1. The number of hydrogen-bond donors (Lipinski definition) is 2. The van der Waals surface area contributed by atoms with E-state index < -0.39 is 0 Å². The number of amides is 1. The number of nitrogens with two attached hydrogens (primary N) is 1. The highest BCUT2D eigenvalue weighted by Gasteiger charge is 2.47. The first kappa shape index (κ1) is 24.6. The molecular formula is C29H47N3O. The van der Waals surface area contributed by atoms with Crippen molar-refractivity contribution in [3.05, 3.63) is 29.8 Å². The summed E-state index contributed by atoms with van der Waals surface area (Å²) in [6, 6.07) is 10.3. The lowest BCUT2D eigenvalue weighted by molar-refractivity contribution is -0.134. The minimum absolute atomic E-state index is 0.0470. The van der Waals surface area contributed by atoms with Crippen molar-refractivity contribution in [1.29, 1.82) is 0 Å². The maximum Gasteiger partial charge on any atom is 0.223 e. The third kappa shape index (κ3) is 5.58. The van der Waals surface area contributed by atoms with E-state index >= 15 is 0 Å². The Morgan fingerprint density at radius 1 is 0.879 bits per heavy atom. The lowest BCUT2D eigenvalue weighted by Gasteiger charge is -2.46. The SMILES string of the molecule is CN(C)C1CCC(C2(C(N)=O)CCC(Nc3ccc(C4CCC(C)(C)CC4)cc3)CC2)CC1. The highest BCUT2D eigenvalue weighted by molar-refractivity contribution is 5.81. The summed E-state index contributed by atoms with van der Waals surface area (Å²) in [5.74, 6) is 1.14. The van der Waals surface area contributed by atoms with Crippen LogP contribution in [0.1, 0.15) is 102 Å². The van der Waals surface area contributed by atoms with Crippen molar-refractivity contribution in [1.82, 2.24) is 4.90 Å². The predicted molar refractivity (Wildman–Crippen MR) is 138 cm³/mol. The van der Waals surface area contributed by atoms with Gasteiger partial charge in [0.05, 0.1) is 5.41 Å². The van der Waals surface area contributed by atoms with Gasteiger partial charge in [-0.15, -0.1) is 0 Å². The smallest absolute Gasteiger partial charge is 0.223 e. The summed E-state index contributed by atoms with van der Waals surface area (Å²) in [4.78, 5) is 15.0. The molecule has 4 rings (SSSR count). The monoisotopic (exact) mass is 453 g/mol. The quantitative estimate of drug-likeness (QED) is 0.530. The molecule has 4 heteroatoms. The minimum atomic E-state index is -0.284. The molecule has 0 heterocycles. The molecule has 0 spiro atoms. The molecule has 0 aliphatic heterocycles. The number of rotatable bonds is 6. The summed E-state index contributed by atoms with van der Waals surface area (Å²) in [5, 5.41) is 3.77. The van der Waals surface area contributed by atoms with Crippen LogP contribution in [0.3, 0.4) is 0 Å². The van der Waals surface area contributed by atoms with E-state index in [1.807, 2.05) is 0 Å². The summed E-state index contributed by atoms with van der Waals surface area (Å²) >= 11 is 0. The second-order valence-electron chi connectivity index (χ2n) is 12.5. The molecule has 1 amide bonds. The molecule has 3 aliphatic carbocycles. The Kier molecular flexibility index (Phi) is 7.43. The topological polar surface area (TPSA) is 58.4 Å². The second-order valence-corrected chi connectivity index (χ2v) is 12.5. The molecule has 1 aromatic carbocycles. The van der Waals surface area contributed by atoms with Crippen molar-refractivity contribution in [2.24, 2.45) is 22.5 Å². The van der Waals surface area contributed by atoms with Crippen molar-refractivity contribution in [2.75, 3.05) is 19.4 Å². The van der Waals surface area contributed by atoms with Gasteiger partial charge in [-0.25, -0.2) is 0 Å². The number of primary amides is 1. The molecule has 4 nitrogen and oxygen atoms in total. The average Bonchev–Trinajstić information content (AvgIpc) is 2.80. The van der Waals surface area contributed by atoms with Crippen LogP contribution < -0.4 is 11.1 Å². The van der Waals surface area contributed by atoms with Crippen LogP contribution in [0.25, 0.3) is 0 Å². The van der Waals surface area contributed by atoms with Crippen LogP contribution in [0.4, 0.5) is 5.69 Å². The van der Waals surface area contributed by atoms with Crippen LogP contribution in [0.5, 0.6) is 0 Å². The Balaban J connectivity index is 1.30. The highest BCUT2D eigenvalue weighted by atomic mass is 16.1. The lowest BCUT2D eigenvalue weighted by atomic mass is 9.60. The van der Waals surface area contributed by atoms with Gasteiger partial charge in [0.2, 0.25) is 5.91 Å². The standard InChI is InChI=1S/C29H47N3O/c1-28(2)17-13-22(14-18-28)21-5-9-24(10-6-21)31-25-15-19-29(20-16-25,27(30)33)23-7-11-26(12-8-23)32(3)4/h5-6,9-10,22-23,25-26,31H,7-8,11-20H2,1-4H3,(H2,30,33). The maximum atomic E-state index is 12.7. The first-order valence-electron chi connectivity index (χ1n) is 13.5. The molecule has 1 aromatic rings. The molecule has 0 bridgehead atoms. The van der Waals surface area contributed by atoms with Crippen LogP contribution in [-0.4, -0.2) is 37.0 Å². The van der Waals surface area contributed by atoms with E-state index in [1.54, 1.807) is 0 Å².